The SMILES string of the molecule is CCCCCCOc1c(OC)c(=O)n(CCCC)c2cc(O)ccc12. The number of nitrogens with zero attached hydrogens (tertiary/aromatic N) is 1. The van der Waals surface area contributed by atoms with Crippen LogP contribution in [-0.4, -0.2) is 23.4 Å². The molecule has 1 N–H and O–H groups in total. The van der Waals surface area contributed by atoms with Gasteiger partial charge in [-0.1, -0.05) is 39.5 Å². The average Bonchev–Trinajstić information content (AvgIpc) is 2.61. The highest BCUT2D eigenvalue weighted by atomic mass is 16.5. The second-order valence-electron chi connectivity index (χ2n) is 6.28. The van der Waals surface area contributed by atoms with E-state index in [0.717, 1.165) is 31.1 Å². The summed E-state index contributed by atoms with van der Waals surface area (Å²) in [6.45, 7) is 5.38. The second kappa shape index (κ2) is 9.35. The molecular weight excluding hydrogens is 318 g/mol. The molecule has 1 aromatic carbocycles. The largest absolute Gasteiger partial charge is 0.508 e. The summed E-state index contributed by atoms with van der Waals surface area (Å²) < 4.78 is 13.0. The Bertz CT molecular complexity index is 751. The summed E-state index contributed by atoms with van der Waals surface area (Å²) in [6.07, 6.45) is 6.24. The van der Waals surface area contributed by atoms with Crippen LogP contribution in [0.25, 0.3) is 10.9 Å². The number of pyridine rings is 1. The number of hydrogen-bond acceptors (Lipinski definition) is 4. The number of fused-ring (bicyclic) bond motifs is 1. The molecule has 0 bridgehead atoms. The van der Waals surface area contributed by atoms with Crippen molar-refractivity contribution in [1.82, 2.24) is 4.57 Å². The number of ether oxygens (including phenoxy) is 2. The molecule has 0 amide bonds. The van der Waals surface area contributed by atoms with Crippen LogP contribution in [0.5, 0.6) is 17.2 Å². The lowest BCUT2D eigenvalue weighted by Crippen LogP contribution is -2.23. The fraction of sp³-hybridized carbons (Fsp3) is 0.550. The monoisotopic (exact) mass is 347 g/mol. The normalized spacial score (nSPS) is 11.0. The Morgan fingerprint density at radius 3 is 2.48 bits per heavy atom. The number of aryl methyl sites for hydroxylation is 1. The van der Waals surface area contributed by atoms with Crippen LogP contribution in [0.3, 0.4) is 0 Å². The molecule has 2 aromatic rings. The number of methoxy groups -OCH3 is 1. The lowest BCUT2D eigenvalue weighted by Gasteiger charge is -2.17. The summed E-state index contributed by atoms with van der Waals surface area (Å²) in [5.41, 5.74) is 0.473. The van der Waals surface area contributed by atoms with E-state index in [1.165, 1.54) is 20.0 Å². The van der Waals surface area contributed by atoms with E-state index in [9.17, 15) is 9.90 Å². The maximum absolute atomic E-state index is 12.9. The van der Waals surface area contributed by atoms with Crippen molar-refractivity contribution in [3.05, 3.63) is 28.6 Å². The van der Waals surface area contributed by atoms with E-state index in [4.69, 9.17) is 9.47 Å². The lowest BCUT2D eigenvalue weighted by molar-refractivity contribution is 0.285. The molecule has 1 aromatic heterocycles. The molecule has 25 heavy (non-hydrogen) atoms. The number of unbranched alkanes of at least 4 members (excludes halogenated alkanes) is 4. The predicted octanol–water partition coefficient (Wildman–Crippen LogP) is 4.47. The fourth-order valence-corrected chi connectivity index (χ4v) is 2.95. The third kappa shape index (κ3) is 4.47. The first-order valence-corrected chi connectivity index (χ1v) is 9.20. The van der Waals surface area contributed by atoms with Crippen molar-refractivity contribution >= 4 is 10.9 Å². The molecular formula is C20H29NO4. The van der Waals surface area contributed by atoms with Crippen molar-refractivity contribution in [2.75, 3.05) is 13.7 Å². The fourth-order valence-electron chi connectivity index (χ4n) is 2.95. The second-order valence-corrected chi connectivity index (χ2v) is 6.28. The number of aromatic hydroxyl groups is 1. The summed E-state index contributed by atoms with van der Waals surface area (Å²) in [5, 5.41) is 10.7. The first kappa shape index (κ1) is 19.2. The van der Waals surface area contributed by atoms with Gasteiger partial charge < -0.3 is 19.1 Å². The smallest absolute Gasteiger partial charge is 0.297 e. The van der Waals surface area contributed by atoms with Crippen molar-refractivity contribution in [1.29, 1.82) is 0 Å². The van der Waals surface area contributed by atoms with E-state index in [-0.39, 0.29) is 17.1 Å². The zero-order valence-corrected chi connectivity index (χ0v) is 15.5. The molecule has 138 valence electrons. The summed E-state index contributed by atoms with van der Waals surface area (Å²) in [7, 11) is 1.50. The zero-order chi connectivity index (χ0) is 18.2. The van der Waals surface area contributed by atoms with Crippen molar-refractivity contribution in [3.8, 4) is 17.2 Å². The number of benzene rings is 1. The van der Waals surface area contributed by atoms with Crippen molar-refractivity contribution < 1.29 is 14.6 Å². The summed E-state index contributed by atoms with van der Waals surface area (Å²) >= 11 is 0. The molecule has 0 atom stereocenters. The van der Waals surface area contributed by atoms with Gasteiger partial charge in [-0.25, -0.2) is 0 Å². The van der Waals surface area contributed by atoms with Crippen molar-refractivity contribution in [2.45, 2.75) is 58.9 Å². The van der Waals surface area contributed by atoms with Gasteiger partial charge in [0.15, 0.2) is 5.75 Å². The highest BCUT2D eigenvalue weighted by Crippen LogP contribution is 2.34. The van der Waals surface area contributed by atoms with E-state index in [1.54, 1.807) is 22.8 Å². The van der Waals surface area contributed by atoms with Crippen LogP contribution in [0.1, 0.15) is 52.4 Å². The Balaban J connectivity index is 2.47. The number of hydrogen-bond donors (Lipinski definition) is 1. The maximum atomic E-state index is 12.9. The highest BCUT2D eigenvalue weighted by molar-refractivity contribution is 5.89. The van der Waals surface area contributed by atoms with Gasteiger partial charge >= 0.3 is 0 Å². The quantitative estimate of drug-likeness (QED) is 0.644. The van der Waals surface area contributed by atoms with Gasteiger partial charge in [-0.15, -0.1) is 0 Å². The average molecular weight is 347 g/mol. The molecule has 0 aliphatic rings. The van der Waals surface area contributed by atoms with Crippen molar-refractivity contribution in [2.24, 2.45) is 0 Å². The molecule has 0 radical (unpaired) electrons. The van der Waals surface area contributed by atoms with Gasteiger partial charge in [0, 0.05) is 18.0 Å². The van der Waals surface area contributed by atoms with Gasteiger partial charge in [0.1, 0.15) is 5.75 Å². The van der Waals surface area contributed by atoms with E-state index in [0.29, 0.717) is 24.4 Å². The minimum atomic E-state index is -0.211. The molecule has 1 heterocycles. The number of rotatable bonds is 10. The molecule has 0 unspecified atom stereocenters. The molecule has 0 saturated heterocycles. The predicted molar refractivity (Wildman–Crippen MR) is 101 cm³/mol. The van der Waals surface area contributed by atoms with Crippen LogP contribution in [-0.2, 0) is 6.54 Å². The standard InChI is InChI=1S/C20H29NO4/c1-4-6-8-9-13-25-18-16-11-10-15(22)14-17(16)21(12-7-5-2)20(23)19(18)24-3/h10-11,14,22H,4-9,12-13H2,1-3H3. The number of phenolic OH excluding ortho intramolecular Hbond substituents is 1. The molecule has 0 spiro atoms. The molecule has 0 saturated carbocycles. The zero-order valence-electron chi connectivity index (χ0n) is 15.5. The van der Waals surface area contributed by atoms with Gasteiger partial charge in [-0.3, -0.25) is 4.79 Å². The van der Waals surface area contributed by atoms with Crippen molar-refractivity contribution in [3.63, 3.8) is 0 Å². The van der Waals surface area contributed by atoms with Crippen LogP contribution >= 0.6 is 0 Å². The summed E-state index contributed by atoms with van der Waals surface area (Å²) in [6, 6.07) is 5.02. The summed E-state index contributed by atoms with van der Waals surface area (Å²) in [4.78, 5) is 12.9. The number of aromatic nitrogens is 1. The molecule has 0 aliphatic heterocycles. The topological polar surface area (TPSA) is 60.7 Å². The Hall–Kier alpha value is -2.17. The van der Waals surface area contributed by atoms with Crippen LogP contribution in [0.2, 0.25) is 0 Å². The minimum absolute atomic E-state index is 0.135. The maximum Gasteiger partial charge on any atom is 0.297 e. The Kier molecular flexibility index (Phi) is 7.16. The van der Waals surface area contributed by atoms with Crippen LogP contribution in [0.15, 0.2) is 23.0 Å². The highest BCUT2D eigenvalue weighted by Gasteiger charge is 2.19. The van der Waals surface area contributed by atoms with Gasteiger partial charge in [0.05, 0.1) is 19.2 Å². The lowest BCUT2D eigenvalue weighted by atomic mass is 10.1. The van der Waals surface area contributed by atoms with Gasteiger partial charge in [0.2, 0.25) is 5.75 Å². The number of phenols is 1. The Morgan fingerprint density at radius 1 is 1.04 bits per heavy atom. The first-order valence-electron chi connectivity index (χ1n) is 9.20. The third-order valence-corrected chi connectivity index (χ3v) is 4.35. The van der Waals surface area contributed by atoms with Gasteiger partial charge in [-0.2, -0.15) is 0 Å². The molecule has 5 heteroatoms. The van der Waals surface area contributed by atoms with E-state index in [1.807, 2.05) is 0 Å². The van der Waals surface area contributed by atoms with Crippen LogP contribution in [0, 0.1) is 0 Å². The van der Waals surface area contributed by atoms with E-state index >= 15 is 0 Å². The van der Waals surface area contributed by atoms with Crippen LogP contribution in [0.4, 0.5) is 0 Å². The molecule has 2 rings (SSSR count). The Labute approximate surface area is 149 Å². The van der Waals surface area contributed by atoms with Gasteiger partial charge in [0.25, 0.3) is 5.56 Å². The van der Waals surface area contributed by atoms with Crippen LogP contribution < -0.4 is 15.0 Å². The minimum Gasteiger partial charge on any atom is -0.508 e. The molecule has 5 nitrogen and oxygen atoms in total. The first-order chi connectivity index (χ1) is 12.1. The van der Waals surface area contributed by atoms with E-state index in [2.05, 4.69) is 13.8 Å². The van der Waals surface area contributed by atoms with Gasteiger partial charge in [-0.05, 0) is 25.0 Å². The molecule has 0 aliphatic carbocycles. The van der Waals surface area contributed by atoms with E-state index < -0.39 is 0 Å². The summed E-state index contributed by atoms with van der Waals surface area (Å²) in [5.74, 6) is 0.854. The Morgan fingerprint density at radius 2 is 1.80 bits per heavy atom. The third-order valence-electron chi connectivity index (χ3n) is 4.35. The molecule has 0 fully saturated rings.